The van der Waals surface area contributed by atoms with Crippen LogP contribution in [-0.2, 0) is 4.79 Å². The maximum absolute atomic E-state index is 10.4. The molecule has 2 atom stereocenters. The highest BCUT2D eigenvalue weighted by Crippen LogP contribution is 2.12. The zero-order chi connectivity index (χ0) is 10.7. The molecule has 14 heavy (non-hydrogen) atoms. The standard InChI is InChI=1S/C7H8BrN3O3/c8-3-1-10-6(11-2-3)5(12)4(9)7(13)14/h1-2,4-5,12H,9H2,(H,13,14). The number of aliphatic carboxylic acids is 1. The summed E-state index contributed by atoms with van der Waals surface area (Å²) in [5, 5.41) is 17.9. The summed E-state index contributed by atoms with van der Waals surface area (Å²) < 4.78 is 0.636. The minimum Gasteiger partial charge on any atom is -0.480 e. The van der Waals surface area contributed by atoms with E-state index in [-0.39, 0.29) is 5.82 Å². The van der Waals surface area contributed by atoms with Crippen LogP contribution in [0.1, 0.15) is 11.9 Å². The highest BCUT2D eigenvalue weighted by Gasteiger charge is 2.25. The Morgan fingerprint density at radius 3 is 2.43 bits per heavy atom. The van der Waals surface area contributed by atoms with Crippen molar-refractivity contribution in [1.29, 1.82) is 0 Å². The van der Waals surface area contributed by atoms with Gasteiger partial charge in [-0.2, -0.15) is 0 Å². The molecule has 76 valence electrons. The molecule has 1 aromatic heterocycles. The van der Waals surface area contributed by atoms with Crippen LogP contribution in [0.25, 0.3) is 0 Å². The Morgan fingerprint density at radius 2 is 2.00 bits per heavy atom. The number of carboxylic acids is 1. The van der Waals surface area contributed by atoms with Gasteiger partial charge in [0.15, 0.2) is 5.82 Å². The van der Waals surface area contributed by atoms with Crippen LogP contribution < -0.4 is 5.73 Å². The molecule has 1 aromatic rings. The molecule has 0 fully saturated rings. The number of carboxylic acid groups (broad SMARTS) is 1. The minimum absolute atomic E-state index is 0.0110. The van der Waals surface area contributed by atoms with Crippen LogP contribution in [0.4, 0.5) is 0 Å². The molecule has 7 heteroatoms. The van der Waals surface area contributed by atoms with E-state index in [0.29, 0.717) is 4.47 Å². The predicted molar refractivity (Wildman–Crippen MR) is 50.3 cm³/mol. The van der Waals surface area contributed by atoms with Gasteiger partial charge in [0.25, 0.3) is 0 Å². The van der Waals surface area contributed by atoms with E-state index in [4.69, 9.17) is 10.8 Å². The second kappa shape index (κ2) is 4.45. The lowest BCUT2D eigenvalue weighted by Crippen LogP contribution is -2.37. The quantitative estimate of drug-likeness (QED) is 0.689. The number of halogens is 1. The number of nitrogens with zero attached hydrogens (tertiary/aromatic N) is 2. The molecule has 0 bridgehead atoms. The van der Waals surface area contributed by atoms with Crippen molar-refractivity contribution in [3.05, 3.63) is 22.7 Å². The average molecular weight is 262 g/mol. The molecule has 0 aromatic carbocycles. The second-order valence-electron chi connectivity index (χ2n) is 2.57. The first kappa shape index (κ1) is 11.0. The van der Waals surface area contributed by atoms with Crippen molar-refractivity contribution >= 4 is 21.9 Å². The molecule has 0 saturated carbocycles. The van der Waals surface area contributed by atoms with Crippen LogP contribution in [0.15, 0.2) is 16.9 Å². The van der Waals surface area contributed by atoms with Crippen LogP contribution >= 0.6 is 15.9 Å². The number of carbonyl (C=O) groups is 1. The molecule has 6 nitrogen and oxygen atoms in total. The van der Waals surface area contributed by atoms with Crippen molar-refractivity contribution in [3.63, 3.8) is 0 Å². The normalized spacial score (nSPS) is 14.8. The fourth-order valence-corrected chi connectivity index (χ4v) is 0.975. The first-order chi connectivity index (χ1) is 6.52. The molecule has 0 saturated heterocycles. The molecule has 0 aliphatic heterocycles. The van der Waals surface area contributed by atoms with Crippen LogP contribution in [0.3, 0.4) is 0 Å². The van der Waals surface area contributed by atoms with E-state index < -0.39 is 18.1 Å². The van der Waals surface area contributed by atoms with E-state index >= 15 is 0 Å². The molecule has 0 aliphatic carbocycles. The molecule has 0 amide bonds. The smallest absolute Gasteiger partial charge is 0.323 e. The second-order valence-corrected chi connectivity index (χ2v) is 3.48. The predicted octanol–water partition coefficient (Wildman–Crippen LogP) is -0.316. The van der Waals surface area contributed by atoms with E-state index in [0.717, 1.165) is 0 Å². The summed E-state index contributed by atoms with van der Waals surface area (Å²) in [6.07, 6.45) is 1.40. The first-order valence-corrected chi connectivity index (χ1v) is 4.45. The lowest BCUT2D eigenvalue weighted by molar-refractivity contribution is -0.141. The Balaban J connectivity index is 2.84. The van der Waals surface area contributed by atoms with Gasteiger partial charge in [0, 0.05) is 12.4 Å². The monoisotopic (exact) mass is 261 g/mol. The van der Waals surface area contributed by atoms with Gasteiger partial charge in [0.05, 0.1) is 4.47 Å². The Hall–Kier alpha value is -1.05. The Bertz CT molecular complexity index is 329. The van der Waals surface area contributed by atoms with E-state index in [1.165, 1.54) is 12.4 Å². The molecular weight excluding hydrogens is 254 g/mol. The molecule has 4 N–H and O–H groups in total. The van der Waals surface area contributed by atoms with Crippen LogP contribution in [0.5, 0.6) is 0 Å². The van der Waals surface area contributed by atoms with Gasteiger partial charge in [-0.25, -0.2) is 9.97 Å². The van der Waals surface area contributed by atoms with Crippen molar-refractivity contribution in [2.24, 2.45) is 5.73 Å². The van der Waals surface area contributed by atoms with Gasteiger partial charge in [-0.05, 0) is 15.9 Å². The molecular formula is C7H8BrN3O3. The summed E-state index contributed by atoms with van der Waals surface area (Å²) in [7, 11) is 0. The zero-order valence-corrected chi connectivity index (χ0v) is 8.55. The van der Waals surface area contributed by atoms with Gasteiger partial charge in [-0.1, -0.05) is 0 Å². The number of nitrogens with two attached hydrogens (primary N) is 1. The number of hydrogen-bond acceptors (Lipinski definition) is 5. The maximum Gasteiger partial charge on any atom is 0.323 e. The third-order valence-corrected chi connectivity index (χ3v) is 1.94. The SMILES string of the molecule is NC(C(=O)O)C(O)c1ncc(Br)cn1. The summed E-state index contributed by atoms with van der Waals surface area (Å²) in [6, 6.07) is -1.42. The molecule has 1 rings (SSSR count). The number of hydrogen-bond donors (Lipinski definition) is 3. The fraction of sp³-hybridized carbons (Fsp3) is 0.286. The summed E-state index contributed by atoms with van der Waals surface area (Å²) >= 11 is 3.11. The lowest BCUT2D eigenvalue weighted by atomic mass is 10.1. The molecule has 1 heterocycles. The maximum atomic E-state index is 10.4. The van der Waals surface area contributed by atoms with Gasteiger partial charge in [-0.15, -0.1) is 0 Å². The number of rotatable bonds is 3. The van der Waals surface area contributed by atoms with Crippen molar-refractivity contribution in [3.8, 4) is 0 Å². The summed E-state index contributed by atoms with van der Waals surface area (Å²) in [6.45, 7) is 0. The van der Waals surface area contributed by atoms with Crippen molar-refractivity contribution in [2.45, 2.75) is 12.1 Å². The Morgan fingerprint density at radius 1 is 1.50 bits per heavy atom. The third-order valence-electron chi connectivity index (χ3n) is 1.53. The summed E-state index contributed by atoms with van der Waals surface area (Å²) in [5.41, 5.74) is 5.19. The third kappa shape index (κ3) is 2.47. The number of aliphatic hydroxyl groups is 1. The Kier molecular flexibility index (Phi) is 3.50. The molecule has 0 spiro atoms. The van der Waals surface area contributed by atoms with E-state index in [9.17, 15) is 9.90 Å². The average Bonchev–Trinajstić information content (AvgIpc) is 2.16. The topological polar surface area (TPSA) is 109 Å². The molecule has 2 unspecified atom stereocenters. The largest absolute Gasteiger partial charge is 0.480 e. The van der Waals surface area contributed by atoms with Gasteiger partial charge < -0.3 is 15.9 Å². The van der Waals surface area contributed by atoms with E-state index in [1.54, 1.807) is 0 Å². The van der Waals surface area contributed by atoms with Gasteiger partial charge in [0.2, 0.25) is 0 Å². The van der Waals surface area contributed by atoms with Crippen LogP contribution in [0.2, 0.25) is 0 Å². The summed E-state index contributed by atoms with van der Waals surface area (Å²) in [5.74, 6) is -1.31. The Labute approximate surface area is 87.9 Å². The fourth-order valence-electron chi connectivity index (χ4n) is 0.771. The van der Waals surface area contributed by atoms with Gasteiger partial charge in [-0.3, -0.25) is 4.79 Å². The summed E-state index contributed by atoms with van der Waals surface area (Å²) in [4.78, 5) is 17.9. The minimum atomic E-state index is -1.42. The van der Waals surface area contributed by atoms with Crippen LogP contribution in [0, 0.1) is 0 Å². The molecule has 0 radical (unpaired) electrons. The lowest BCUT2D eigenvalue weighted by Gasteiger charge is -2.12. The number of aromatic nitrogens is 2. The highest BCUT2D eigenvalue weighted by molar-refractivity contribution is 9.10. The first-order valence-electron chi connectivity index (χ1n) is 3.66. The van der Waals surface area contributed by atoms with Crippen LogP contribution in [-0.4, -0.2) is 32.2 Å². The van der Waals surface area contributed by atoms with E-state index in [2.05, 4.69) is 25.9 Å². The van der Waals surface area contributed by atoms with Crippen molar-refractivity contribution in [2.75, 3.05) is 0 Å². The zero-order valence-electron chi connectivity index (χ0n) is 6.96. The highest BCUT2D eigenvalue weighted by atomic mass is 79.9. The molecule has 0 aliphatic rings. The van der Waals surface area contributed by atoms with Crippen molar-refractivity contribution in [1.82, 2.24) is 9.97 Å². The van der Waals surface area contributed by atoms with E-state index in [1.807, 2.05) is 0 Å². The van der Waals surface area contributed by atoms with Gasteiger partial charge >= 0.3 is 5.97 Å². The van der Waals surface area contributed by atoms with Gasteiger partial charge in [0.1, 0.15) is 12.1 Å². The van der Waals surface area contributed by atoms with Crippen molar-refractivity contribution < 1.29 is 15.0 Å². The number of aliphatic hydroxyl groups excluding tert-OH is 1.